The zero-order valence-corrected chi connectivity index (χ0v) is 16.1. The van der Waals surface area contributed by atoms with Gasteiger partial charge in [0.05, 0.1) is 6.54 Å². The molecule has 7 heteroatoms. The molecule has 0 amide bonds. The molecule has 4 rings (SSSR count). The molecule has 2 aromatic heterocycles. The number of hydrogen-bond acceptors (Lipinski definition) is 4. The van der Waals surface area contributed by atoms with Crippen LogP contribution in [0.25, 0.3) is 5.65 Å². The maximum atomic E-state index is 5.90. The lowest BCUT2D eigenvalue weighted by Gasteiger charge is -2.12. The number of nitrogens with one attached hydrogen (secondary N) is 2. The Morgan fingerprint density at radius 1 is 0.897 bits per heavy atom. The summed E-state index contributed by atoms with van der Waals surface area (Å²) >= 11 is 0. The summed E-state index contributed by atoms with van der Waals surface area (Å²) in [7, 11) is 1.74. The van der Waals surface area contributed by atoms with Crippen LogP contribution in [0, 0.1) is 0 Å². The van der Waals surface area contributed by atoms with Crippen LogP contribution in [0.2, 0.25) is 0 Å². The van der Waals surface area contributed by atoms with Gasteiger partial charge >= 0.3 is 0 Å². The van der Waals surface area contributed by atoms with Gasteiger partial charge in [-0.05, 0) is 42.0 Å². The molecule has 0 saturated carbocycles. The van der Waals surface area contributed by atoms with Gasteiger partial charge in [-0.15, -0.1) is 10.2 Å². The first-order chi connectivity index (χ1) is 14.3. The standard InChI is InChI=1S/C22H22N6O/c1-23-22(25-16-21-27-26-20-12-5-6-13-28(20)21)24-15-17-8-7-11-19(14-17)29-18-9-3-2-4-10-18/h2-14H,15-16H2,1H3,(H2,23,24,25). The third kappa shape index (κ3) is 4.70. The van der Waals surface area contributed by atoms with Gasteiger partial charge in [-0.3, -0.25) is 9.39 Å². The number of aliphatic imine (C=N–C) groups is 1. The summed E-state index contributed by atoms with van der Waals surface area (Å²) in [5.74, 6) is 3.12. The van der Waals surface area contributed by atoms with Gasteiger partial charge in [0.25, 0.3) is 0 Å². The van der Waals surface area contributed by atoms with E-state index >= 15 is 0 Å². The van der Waals surface area contributed by atoms with Crippen molar-refractivity contribution in [3.63, 3.8) is 0 Å². The van der Waals surface area contributed by atoms with Crippen LogP contribution in [0.3, 0.4) is 0 Å². The predicted octanol–water partition coefficient (Wildman–Crippen LogP) is 3.39. The summed E-state index contributed by atoms with van der Waals surface area (Å²) in [5.41, 5.74) is 1.91. The number of aromatic nitrogens is 3. The lowest BCUT2D eigenvalue weighted by atomic mass is 10.2. The van der Waals surface area contributed by atoms with Crippen molar-refractivity contribution in [2.75, 3.05) is 7.05 Å². The molecule has 0 radical (unpaired) electrons. The molecule has 0 aliphatic heterocycles. The fourth-order valence-electron chi connectivity index (χ4n) is 2.92. The molecule has 29 heavy (non-hydrogen) atoms. The van der Waals surface area contributed by atoms with Crippen molar-refractivity contribution in [1.82, 2.24) is 25.2 Å². The normalized spacial score (nSPS) is 11.4. The second kappa shape index (κ2) is 8.88. The summed E-state index contributed by atoms with van der Waals surface area (Å²) in [6.07, 6.45) is 1.95. The number of nitrogens with zero attached hydrogens (tertiary/aromatic N) is 4. The number of para-hydroxylation sites is 1. The Hall–Kier alpha value is -3.87. The van der Waals surface area contributed by atoms with E-state index in [1.165, 1.54) is 0 Å². The minimum absolute atomic E-state index is 0.516. The van der Waals surface area contributed by atoms with Crippen molar-refractivity contribution in [2.45, 2.75) is 13.1 Å². The Balaban J connectivity index is 1.34. The lowest BCUT2D eigenvalue weighted by molar-refractivity contribution is 0.482. The summed E-state index contributed by atoms with van der Waals surface area (Å²) in [6.45, 7) is 1.13. The molecule has 0 spiro atoms. The summed E-state index contributed by atoms with van der Waals surface area (Å²) in [6, 6.07) is 23.5. The highest BCUT2D eigenvalue weighted by Gasteiger charge is 2.06. The molecule has 0 aliphatic rings. The van der Waals surface area contributed by atoms with Gasteiger partial charge < -0.3 is 15.4 Å². The van der Waals surface area contributed by atoms with Crippen LogP contribution in [0.4, 0.5) is 0 Å². The average Bonchev–Trinajstić information content (AvgIpc) is 3.18. The predicted molar refractivity (Wildman–Crippen MR) is 113 cm³/mol. The van der Waals surface area contributed by atoms with E-state index in [9.17, 15) is 0 Å². The second-order valence-corrected chi connectivity index (χ2v) is 6.39. The van der Waals surface area contributed by atoms with Gasteiger partial charge in [-0.2, -0.15) is 0 Å². The first-order valence-electron chi connectivity index (χ1n) is 9.37. The maximum Gasteiger partial charge on any atom is 0.191 e. The number of ether oxygens (including phenoxy) is 1. The van der Waals surface area contributed by atoms with Gasteiger partial charge in [0.1, 0.15) is 11.5 Å². The summed E-state index contributed by atoms with van der Waals surface area (Å²) in [5, 5.41) is 15.0. The summed E-state index contributed by atoms with van der Waals surface area (Å²) in [4.78, 5) is 4.28. The highest BCUT2D eigenvalue weighted by atomic mass is 16.5. The third-order valence-electron chi connectivity index (χ3n) is 4.36. The Bertz CT molecular complexity index is 1110. The van der Waals surface area contributed by atoms with Crippen LogP contribution < -0.4 is 15.4 Å². The molecule has 146 valence electrons. The molecule has 0 bridgehead atoms. The van der Waals surface area contributed by atoms with Crippen LogP contribution in [-0.4, -0.2) is 27.6 Å². The molecule has 2 heterocycles. The SMILES string of the molecule is CN=C(NCc1cccc(Oc2ccccc2)c1)NCc1nnc2ccccn12. The van der Waals surface area contributed by atoms with Crippen molar-refractivity contribution in [3.05, 3.63) is 90.4 Å². The second-order valence-electron chi connectivity index (χ2n) is 6.39. The topological polar surface area (TPSA) is 75.8 Å². The van der Waals surface area contributed by atoms with Gasteiger partial charge in [0.2, 0.25) is 0 Å². The van der Waals surface area contributed by atoms with Gasteiger partial charge in [0.15, 0.2) is 17.4 Å². The first kappa shape index (κ1) is 18.5. The van der Waals surface area contributed by atoms with Crippen molar-refractivity contribution >= 4 is 11.6 Å². The van der Waals surface area contributed by atoms with Crippen molar-refractivity contribution < 1.29 is 4.74 Å². The fraction of sp³-hybridized carbons (Fsp3) is 0.136. The Labute approximate surface area is 169 Å². The number of guanidine groups is 1. The lowest BCUT2D eigenvalue weighted by Crippen LogP contribution is -2.36. The zero-order valence-electron chi connectivity index (χ0n) is 16.1. The maximum absolute atomic E-state index is 5.90. The number of fused-ring (bicyclic) bond motifs is 1. The Morgan fingerprint density at radius 3 is 2.55 bits per heavy atom. The number of hydrogen-bond donors (Lipinski definition) is 2. The van der Waals surface area contributed by atoms with E-state index in [0.717, 1.165) is 28.5 Å². The molecule has 0 aliphatic carbocycles. The number of rotatable bonds is 6. The third-order valence-corrected chi connectivity index (χ3v) is 4.36. The quantitative estimate of drug-likeness (QED) is 0.392. The molecule has 4 aromatic rings. The van der Waals surface area contributed by atoms with E-state index in [4.69, 9.17) is 4.74 Å². The van der Waals surface area contributed by atoms with E-state index in [1.54, 1.807) is 7.05 Å². The van der Waals surface area contributed by atoms with E-state index in [2.05, 4.69) is 25.8 Å². The van der Waals surface area contributed by atoms with Crippen molar-refractivity contribution in [3.8, 4) is 11.5 Å². The molecular formula is C22H22N6O. The molecule has 0 atom stereocenters. The minimum atomic E-state index is 0.516. The molecule has 2 aromatic carbocycles. The summed E-state index contributed by atoms with van der Waals surface area (Å²) < 4.78 is 7.85. The first-order valence-corrected chi connectivity index (χ1v) is 9.37. The molecule has 2 N–H and O–H groups in total. The van der Waals surface area contributed by atoms with Crippen molar-refractivity contribution in [1.29, 1.82) is 0 Å². The van der Waals surface area contributed by atoms with Gasteiger partial charge in [-0.1, -0.05) is 36.4 Å². The van der Waals surface area contributed by atoms with Crippen LogP contribution >= 0.6 is 0 Å². The smallest absolute Gasteiger partial charge is 0.191 e. The van der Waals surface area contributed by atoms with E-state index in [1.807, 2.05) is 83.4 Å². The average molecular weight is 386 g/mol. The van der Waals surface area contributed by atoms with Crippen LogP contribution in [0.5, 0.6) is 11.5 Å². The zero-order chi connectivity index (χ0) is 19.9. The van der Waals surface area contributed by atoms with Crippen LogP contribution in [0.15, 0.2) is 84.0 Å². The highest BCUT2D eigenvalue weighted by molar-refractivity contribution is 5.79. The molecule has 0 unspecified atom stereocenters. The van der Waals surface area contributed by atoms with E-state index in [0.29, 0.717) is 19.0 Å². The van der Waals surface area contributed by atoms with Crippen LogP contribution in [-0.2, 0) is 13.1 Å². The molecular weight excluding hydrogens is 364 g/mol. The van der Waals surface area contributed by atoms with Gasteiger partial charge in [0, 0.05) is 19.8 Å². The monoisotopic (exact) mass is 386 g/mol. The molecule has 0 saturated heterocycles. The van der Waals surface area contributed by atoms with Crippen molar-refractivity contribution in [2.24, 2.45) is 4.99 Å². The van der Waals surface area contributed by atoms with E-state index in [-0.39, 0.29) is 0 Å². The largest absolute Gasteiger partial charge is 0.457 e. The number of benzene rings is 2. The highest BCUT2D eigenvalue weighted by Crippen LogP contribution is 2.21. The Kier molecular flexibility index (Phi) is 5.66. The molecule has 0 fully saturated rings. The van der Waals surface area contributed by atoms with Crippen LogP contribution in [0.1, 0.15) is 11.4 Å². The van der Waals surface area contributed by atoms with E-state index < -0.39 is 0 Å². The number of pyridine rings is 1. The minimum Gasteiger partial charge on any atom is -0.457 e. The Morgan fingerprint density at radius 2 is 1.69 bits per heavy atom. The molecule has 7 nitrogen and oxygen atoms in total. The fourth-order valence-corrected chi connectivity index (χ4v) is 2.92. The van der Waals surface area contributed by atoms with Gasteiger partial charge in [-0.25, -0.2) is 0 Å².